The van der Waals surface area contributed by atoms with Crippen molar-refractivity contribution in [3.05, 3.63) is 77.1 Å². The summed E-state index contributed by atoms with van der Waals surface area (Å²) in [5.41, 5.74) is 3.97. The van der Waals surface area contributed by atoms with Crippen LogP contribution in [-0.4, -0.2) is 54.6 Å². The number of hydrogen-bond acceptors (Lipinski definition) is 5. The molecule has 1 aliphatic carbocycles. The van der Waals surface area contributed by atoms with E-state index in [2.05, 4.69) is 31.2 Å². The minimum atomic E-state index is -0.308. The standard InChI is InChI=1S/C26H27N5O2/c1-17-23(26(33)16-30-22-13-24(30)25(32)14-22)12-21(4-3-10-29-11-9-28-18(29)2)31(17)20-7-5-19(15-27)6-8-20/h3-9,11-12,22,24-25,32H,10,13-14,16H2,1-2H3/b4-3+/t22?,24?,25-/m0/s1. The second-order valence-electron chi connectivity index (χ2n) is 8.95. The van der Waals surface area contributed by atoms with Crippen molar-refractivity contribution < 1.29 is 9.90 Å². The molecule has 1 N–H and O–H groups in total. The van der Waals surface area contributed by atoms with Crippen LogP contribution in [0.4, 0.5) is 0 Å². The van der Waals surface area contributed by atoms with Crippen LogP contribution in [0.1, 0.15) is 46.0 Å². The van der Waals surface area contributed by atoms with Gasteiger partial charge in [0.05, 0.1) is 24.3 Å². The zero-order valence-electron chi connectivity index (χ0n) is 18.8. The van der Waals surface area contributed by atoms with Crippen molar-refractivity contribution in [2.45, 2.75) is 51.4 Å². The van der Waals surface area contributed by atoms with Crippen LogP contribution in [0.25, 0.3) is 11.8 Å². The van der Waals surface area contributed by atoms with E-state index in [1.165, 1.54) is 0 Å². The van der Waals surface area contributed by atoms with E-state index in [4.69, 9.17) is 5.26 Å². The summed E-state index contributed by atoms with van der Waals surface area (Å²) in [6.07, 6.45) is 9.25. The first-order valence-corrected chi connectivity index (χ1v) is 11.3. The molecule has 2 aliphatic heterocycles. The third-order valence-electron chi connectivity index (χ3n) is 7.04. The number of imidazole rings is 1. The summed E-state index contributed by atoms with van der Waals surface area (Å²) in [5.74, 6) is 1.02. The van der Waals surface area contributed by atoms with Gasteiger partial charge in [-0.3, -0.25) is 9.69 Å². The summed E-state index contributed by atoms with van der Waals surface area (Å²) in [6.45, 7) is 4.94. The molecule has 1 aromatic carbocycles. The molecule has 2 unspecified atom stereocenters. The van der Waals surface area contributed by atoms with Crippen LogP contribution in [0.3, 0.4) is 0 Å². The number of fused-ring (bicyclic) bond motifs is 1. The van der Waals surface area contributed by atoms with Crippen LogP contribution < -0.4 is 0 Å². The van der Waals surface area contributed by atoms with Gasteiger partial charge in [-0.2, -0.15) is 5.26 Å². The number of aryl methyl sites for hydroxylation is 1. The Labute approximate surface area is 193 Å². The van der Waals surface area contributed by atoms with E-state index in [0.717, 1.165) is 35.7 Å². The quantitative estimate of drug-likeness (QED) is 0.569. The number of nitriles is 1. The van der Waals surface area contributed by atoms with Crippen LogP contribution >= 0.6 is 0 Å². The maximum atomic E-state index is 13.3. The molecule has 0 spiro atoms. The van der Waals surface area contributed by atoms with Crippen molar-refractivity contribution in [3.63, 3.8) is 0 Å². The van der Waals surface area contributed by atoms with Crippen molar-refractivity contribution in [2.24, 2.45) is 0 Å². The Balaban J connectivity index is 1.46. The Bertz CT molecular complexity index is 1260. The van der Waals surface area contributed by atoms with Gasteiger partial charge in [0.2, 0.25) is 0 Å². The van der Waals surface area contributed by atoms with Gasteiger partial charge in [0, 0.05) is 53.7 Å². The minimum Gasteiger partial charge on any atom is -0.391 e. The highest BCUT2D eigenvalue weighted by Crippen LogP contribution is 2.40. The summed E-state index contributed by atoms with van der Waals surface area (Å²) in [4.78, 5) is 19.7. The number of benzene rings is 1. The van der Waals surface area contributed by atoms with Gasteiger partial charge in [0.15, 0.2) is 5.78 Å². The molecular formula is C26H27N5O2. The van der Waals surface area contributed by atoms with Gasteiger partial charge < -0.3 is 14.2 Å². The van der Waals surface area contributed by atoms with E-state index in [1.807, 2.05) is 44.3 Å². The van der Waals surface area contributed by atoms with Crippen molar-refractivity contribution in [3.8, 4) is 11.8 Å². The van der Waals surface area contributed by atoms with Crippen molar-refractivity contribution in [1.29, 1.82) is 5.26 Å². The fourth-order valence-electron chi connectivity index (χ4n) is 5.17. The van der Waals surface area contributed by atoms with Crippen LogP contribution in [0.5, 0.6) is 0 Å². The Hall–Kier alpha value is -3.47. The Morgan fingerprint density at radius 3 is 2.67 bits per heavy atom. The third-order valence-corrected chi connectivity index (χ3v) is 7.04. The SMILES string of the molecule is Cc1nccn1C/C=C/c1cc(C(=O)CN2C3CC2[C@@H](O)C3)c(C)n1-c1ccc(C#N)cc1. The van der Waals surface area contributed by atoms with Crippen LogP contribution in [0.15, 0.2) is 48.8 Å². The molecule has 33 heavy (non-hydrogen) atoms. The molecular weight excluding hydrogens is 414 g/mol. The molecule has 0 radical (unpaired) electrons. The molecule has 3 aliphatic rings. The number of carbonyl (C=O) groups excluding carboxylic acids is 1. The topological polar surface area (TPSA) is 87.1 Å². The van der Waals surface area contributed by atoms with E-state index in [-0.39, 0.29) is 17.9 Å². The molecule has 2 saturated heterocycles. The number of allylic oxidation sites excluding steroid dienone is 1. The number of aliphatic hydroxyl groups excluding tert-OH is 1. The number of Topliss-reactive ketones (excluding diaryl/α,β-unsaturated/α-hetero) is 1. The Morgan fingerprint density at radius 2 is 2.06 bits per heavy atom. The Morgan fingerprint density at radius 1 is 1.27 bits per heavy atom. The average molecular weight is 442 g/mol. The summed E-state index contributed by atoms with van der Waals surface area (Å²) >= 11 is 0. The lowest BCUT2D eigenvalue weighted by Crippen LogP contribution is -2.52. The molecule has 6 rings (SSSR count). The lowest BCUT2D eigenvalue weighted by Gasteiger charge is -2.40. The van der Waals surface area contributed by atoms with Gasteiger partial charge in [-0.1, -0.05) is 6.08 Å². The van der Waals surface area contributed by atoms with Crippen molar-refractivity contribution in [1.82, 2.24) is 19.0 Å². The zero-order chi connectivity index (χ0) is 23.1. The number of carbonyl (C=O) groups is 1. The third kappa shape index (κ3) is 3.82. The molecule has 3 atom stereocenters. The average Bonchev–Trinajstić information content (AvgIpc) is 3.55. The molecule has 1 saturated carbocycles. The first-order chi connectivity index (χ1) is 16.0. The molecule has 4 heterocycles. The fraction of sp³-hybridized carbons (Fsp3) is 0.346. The fourth-order valence-corrected chi connectivity index (χ4v) is 5.17. The molecule has 2 aromatic heterocycles. The van der Waals surface area contributed by atoms with Crippen LogP contribution in [-0.2, 0) is 6.54 Å². The summed E-state index contributed by atoms with van der Waals surface area (Å²) in [7, 11) is 0. The van der Waals surface area contributed by atoms with Crippen molar-refractivity contribution >= 4 is 11.9 Å². The Kier molecular flexibility index (Phi) is 5.49. The van der Waals surface area contributed by atoms with Gasteiger partial charge in [-0.15, -0.1) is 0 Å². The van der Waals surface area contributed by atoms with E-state index in [1.54, 1.807) is 18.3 Å². The monoisotopic (exact) mass is 441 g/mol. The highest BCUT2D eigenvalue weighted by molar-refractivity contribution is 5.99. The number of rotatable bonds is 7. The molecule has 168 valence electrons. The van der Waals surface area contributed by atoms with E-state index >= 15 is 0 Å². The smallest absolute Gasteiger partial charge is 0.178 e. The van der Waals surface area contributed by atoms with Gasteiger partial charge in [-0.05, 0) is 63.1 Å². The maximum absolute atomic E-state index is 13.3. The zero-order valence-corrected chi connectivity index (χ0v) is 18.8. The number of nitrogens with zero attached hydrogens (tertiary/aromatic N) is 5. The molecule has 0 amide bonds. The maximum Gasteiger partial charge on any atom is 0.178 e. The van der Waals surface area contributed by atoms with Crippen LogP contribution in [0.2, 0.25) is 0 Å². The van der Waals surface area contributed by atoms with E-state index in [0.29, 0.717) is 30.3 Å². The summed E-state index contributed by atoms with van der Waals surface area (Å²) in [6, 6.07) is 11.9. The highest BCUT2D eigenvalue weighted by Gasteiger charge is 2.51. The summed E-state index contributed by atoms with van der Waals surface area (Å²) in [5, 5.41) is 19.2. The molecule has 2 bridgehead atoms. The minimum absolute atomic E-state index is 0.0730. The van der Waals surface area contributed by atoms with Gasteiger partial charge in [0.25, 0.3) is 0 Å². The largest absolute Gasteiger partial charge is 0.391 e. The number of ketones is 1. The number of hydrogen-bond donors (Lipinski definition) is 1. The van der Waals surface area contributed by atoms with Crippen LogP contribution in [0, 0.1) is 25.2 Å². The predicted molar refractivity (Wildman–Crippen MR) is 125 cm³/mol. The molecule has 7 heteroatoms. The first-order valence-electron chi connectivity index (χ1n) is 11.3. The second-order valence-corrected chi connectivity index (χ2v) is 8.95. The molecule has 3 aromatic rings. The predicted octanol–water partition coefficient (Wildman–Crippen LogP) is 3.27. The lowest BCUT2D eigenvalue weighted by molar-refractivity contribution is 0.0366. The van der Waals surface area contributed by atoms with E-state index in [9.17, 15) is 9.90 Å². The number of aliphatic hydroxyl groups is 1. The molecule has 7 nitrogen and oxygen atoms in total. The highest BCUT2D eigenvalue weighted by atomic mass is 16.3. The normalized spacial score (nSPS) is 21.9. The summed E-state index contributed by atoms with van der Waals surface area (Å²) < 4.78 is 4.11. The van der Waals surface area contributed by atoms with Gasteiger partial charge in [0.1, 0.15) is 5.82 Å². The first kappa shape index (κ1) is 21.4. The van der Waals surface area contributed by atoms with E-state index < -0.39 is 0 Å². The lowest BCUT2D eigenvalue weighted by atomic mass is 10.0. The molecule has 3 fully saturated rings. The second kappa shape index (κ2) is 8.47. The van der Waals surface area contributed by atoms with Gasteiger partial charge >= 0.3 is 0 Å². The van der Waals surface area contributed by atoms with Crippen molar-refractivity contribution in [2.75, 3.05) is 6.54 Å². The number of aromatic nitrogens is 3. The van der Waals surface area contributed by atoms with Gasteiger partial charge in [-0.25, -0.2) is 4.98 Å².